The molecular formula is C22H22O4S. The molecule has 1 saturated heterocycles. The Labute approximate surface area is 161 Å². The molecule has 0 bridgehead atoms. The highest BCUT2D eigenvalue weighted by Gasteiger charge is 2.40. The number of benzene rings is 3. The van der Waals surface area contributed by atoms with Gasteiger partial charge in [0.05, 0.1) is 18.1 Å². The van der Waals surface area contributed by atoms with E-state index in [1.165, 1.54) is 0 Å². The van der Waals surface area contributed by atoms with Gasteiger partial charge in [-0.3, -0.25) is 0 Å². The molecule has 1 aliphatic heterocycles. The smallest absolute Gasteiger partial charge is 0.222 e. The first-order valence-corrected chi connectivity index (χ1v) is 10.3. The van der Waals surface area contributed by atoms with Crippen molar-refractivity contribution in [2.24, 2.45) is 0 Å². The number of hydrogen-bond acceptors (Lipinski definition) is 3. The summed E-state index contributed by atoms with van der Waals surface area (Å²) >= 11 is -2.02. The summed E-state index contributed by atoms with van der Waals surface area (Å²) in [7, 11) is 0. The molecule has 0 aromatic heterocycles. The molecule has 3 aromatic rings. The Balaban J connectivity index is 1.95. The molecule has 1 heterocycles. The fourth-order valence-electron chi connectivity index (χ4n) is 3.75. The fourth-order valence-corrected chi connectivity index (χ4v) is 4.37. The van der Waals surface area contributed by atoms with Crippen molar-refractivity contribution >= 4 is 21.9 Å². The normalized spacial score (nSPS) is 17.7. The third-order valence-electron chi connectivity index (χ3n) is 5.05. The minimum Gasteiger partial charge on any atom is -0.342 e. The molecule has 1 aliphatic rings. The molecular weight excluding hydrogens is 360 g/mol. The van der Waals surface area contributed by atoms with Gasteiger partial charge in [0.25, 0.3) is 0 Å². The zero-order valence-electron chi connectivity index (χ0n) is 15.2. The van der Waals surface area contributed by atoms with Crippen LogP contribution in [0.3, 0.4) is 0 Å². The van der Waals surface area contributed by atoms with Gasteiger partial charge in [-0.05, 0) is 41.3 Å². The zero-order chi connectivity index (χ0) is 18.9. The molecule has 1 atom stereocenters. The monoisotopic (exact) mass is 382 g/mol. The van der Waals surface area contributed by atoms with Gasteiger partial charge in [0.2, 0.25) is 5.79 Å². The summed E-state index contributed by atoms with van der Waals surface area (Å²) in [6.07, 6.45) is 1.49. The van der Waals surface area contributed by atoms with E-state index in [4.69, 9.17) is 9.47 Å². The van der Waals surface area contributed by atoms with Gasteiger partial charge >= 0.3 is 0 Å². The quantitative estimate of drug-likeness (QED) is 0.669. The summed E-state index contributed by atoms with van der Waals surface area (Å²) in [4.78, 5) is 0.435. The van der Waals surface area contributed by atoms with Crippen molar-refractivity contribution in [1.29, 1.82) is 0 Å². The molecule has 5 heteroatoms. The molecule has 0 aliphatic carbocycles. The van der Waals surface area contributed by atoms with Crippen LogP contribution in [0.15, 0.2) is 65.6 Å². The lowest BCUT2D eigenvalue weighted by atomic mass is 9.90. The maximum absolute atomic E-state index is 11.6. The number of fused-ring (bicyclic) bond motifs is 1. The molecule has 4 rings (SSSR count). The Morgan fingerprint density at radius 2 is 1.78 bits per heavy atom. The fraction of sp³-hybridized carbons (Fsp3) is 0.273. The van der Waals surface area contributed by atoms with Crippen LogP contribution in [0.4, 0.5) is 0 Å². The Morgan fingerprint density at radius 3 is 2.52 bits per heavy atom. The highest BCUT2D eigenvalue weighted by Crippen LogP contribution is 2.41. The molecule has 1 fully saturated rings. The van der Waals surface area contributed by atoms with E-state index in [0.29, 0.717) is 24.5 Å². The van der Waals surface area contributed by atoms with E-state index in [9.17, 15) is 8.76 Å². The largest absolute Gasteiger partial charge is 0.342 e. The predicted octanol–water partition coefficient (Wildman–Crippen LogP) is 4.62. The molecule has 3 aromatic carbocycles. The van der Waals surface area contributed by atoms with Gasteiger partial charge in [-0.15, -0.1) is 0 Å². The third kappa shape index (κ3) is 3.21. The summed E-state index contributed by atoms with van der Waals surface area (Å²) in [6, 6.07) is 19.8. The Kier molecular flexibility index (Phi) is 5.10. The highest BCUT2D eigenvalue weighted by atomic mass is 32.2. The summed E-state index contributed by atoms with van der Waals surface area (Å²) < 4.78 is 33.8. The van der Waals surface area contributed by atoms with Crippen molar-refractivity contribution in [3.63, 3.8) is 0 Å². The van der Waals surface area contributed by atoms with Crippen LogP contribution in [-0.4, -0.2) is 22.0 Å². The van der Waals surface area contributed by atoms with Gasteiger partial charge in [0, 0.05) is 11.1 Å². The van der Waals surface area contributed by atoms with Crippen molar-refractivity contribution < 1.29 is 18.2 Å². The van der Waals surface area contributed by atoms with Gasteiger partial charge in [0.15, 0.2) is 11.1 Å². The molecule has 0 radical (unpaired) electrons. The minimum atomic E-state index is -2.02. The van der Waals surface area contributed by atoms with E-state index in [-0.39, 0.29) is 0 Å². The summed E-state index contributed by atoms with van der Waals surface area (Å²) in [5.41, 5.74) is 2.63. The first-order valence-electron chi connectivity index (χ1n) is 9.16. The van der Waals surface area contributed by atoms with Crippen LogP contribution in [0.5, 0.6) is 0 Å². The molecule has 1 unspecified atom stereocenters. The van der Waals surface area contributed by atoms with Crippen LogP contribution < -0.4 is 0 Å². The van der Waals surface area contributed by atoms with Crippen molar-refractivity contribution in [2.45, 2.75) is 30.4 Å². The van der Waals surface area contributed by atoms with Crippen molar-refractivity contribution in [1.82, 2.24) is 0 Å². The van der Waals surface area contributed by atoms with E-state index in [1.54, 1.807) is 6.07 Å². The van der Waals surface area contributed by atoms with Crippen LogP contribution in [0, 0.1) is 0 Å². The lowest BCUT2D eigenvalue weighted by molar-refractivity contribution is -0.248. The second kappa shape index (κ2) is 7.52. The maximum atomic E-state index is 11.6. The standard InChI is InChI=1S/C22H22O4S/c1-2-16-15-18(11-12-21(16)27(23)24)22(25-13-6-14-26-22)20-10-5-8-17-7-3-4-9-19(17)20/h3-5,7-12,15H,2,6,13-14H2,1H3,(H,23,24). The van der Waals surface area contributed by atoms with Gasteiger partial charge in [-0.25, -0.2) is 4.21 Å². The zero-order valence-corrected chi connectivity index (χ0v) is 16.0. The number of ether oxygens (including phenoxy) is 2. The molecule has 4 nitrogen and oxygen atoms in total. The maximum Gasteiger partial charge on any atom is 0.222 e. The van der Waals surface area contributed by atoms with E-state index < -0.39 is 16.9 Å². The van der Waals surface area contributed by atoms with E-state index in [0.717, 1.165) is 33.9 Å². The first kappa shape index (κ1) is 18.3. The average molecular weight is 382 g/mol. The van der Waals surface area contributed by atoms with Crippen LogP contribution >= 0.6 is 0 Å². The SMILES string of the molecule is CCc1cc(C2(c3cccc4ccccc34)OCCCO2)ccc1S(=O)O. The average Bonchev–Trinajstić information content (AvgIpc) is 2.73. The van der Waals surface area contributed by atoms with Gasteiger partial charge in [-0.2, -0.15) is 0 Å². The molecule has 0 saturated carbocycles. The van der Waals surface area contributed by atoms with E-state index >= 15 is 0 Å². The molecule has 27 heavy (non-hydrogen) atoms. The highest BCUT2D eigenvalue weighted by molar-refractivity contribution is 7.79. The van der Waals surface area contributed by atoms with Crippen LogP contribution in [0.1, 0.15) is 30.0 Å². The lowest BCUT2D eigenvalue weighted by Gasteiger charge is -2.39. The summed E-state index contributed by atoms with van der Waals surface area (Å²) in [6.45, 7) is 3.17. The minimum absolute atomic E-state index is 0.435. The van der Waals surface area contributed by atoms with Crippen LogP contribution in [-0.2, 0) is 32.8 Å². The van der Waals surface area contributed by atoms with E-state index in [2.05, 4.69) is 18.2 Å². The van der Waals surface area contributed by atoms with Gasteiger partial charge < -0.3 is 14.0 Å². The second-order valence-electron chi connectivity index (χ2n) is 6.62. The van der Waals surface area contributed by atoms with Crippen molar-refractivity contribution in [3.05, 3.63) is 77.4 Å². The topological polar surface area (TPSA) is 55.8 Å². The van der Waals surface area contributed by atoms with Crippen molar-refractivity contribution in [3.8, 4) is 0 Å². The Bertz CT molecular complexity index is 987. The summed E-state index contributed by atoms with van der Waals surface area (Å²) in [5.74, 6) is -1.02. The Hall–Kier alpha value is -2.05. The van der Waals surface area contributed by atoms with Crippen molar-refractivity contribution in [2.75, 3.05) is 13.2 Å². The second-order valence-corrected chi connectivity index (χ2v) is 7.56. The van der Waals surface area contributed by atoms with Gasteiger partial charge in [-0.1, -0.05) is 55.5 Å². The van der Waals surface area contributed by atoms with Crippen LogP contribution in [0.25, 0.3) is 10.8 Å². The number of aryl methyl sites for hydroxylation is 1. The molecule has 140 valence electrons. The summed E-state index contributed by atoms with van der Waals surface area (Å²) in [5, 5.41) is 2.20. The lowest BCUT2D eigenvalue weighted by Crippen LogP contribution is -2.39. The Morgan fingerprint density at radius 1 is 1.04 bits per heavy atom. The van der Waals surface area contributed by atoms with E-state index in [1.807, 2.05) is 43.3 Å². The molecule has 1 N–H and O–H groups in total. The number of rotatable bonds is 4. The third-order valence-corrected chi connectivity index (χ3v) is 5.83. The molecule has 0 spiro atoms. The predicted molar refractivity (Wildman–Crippen MR) is 106 cm³/mol. The van der Waals surface area contributed by atoms with Gasteiger partial charge in [0.1, 0.15) is 0 Å². The van der Waals surface area contributed by atoms with Crippen LogP contribution in [0.2, 0.25) is 0 Å². The first-order chi connectivity index (χ1) is 13.2. The number of hydrogen-bond donors (Lipinski definition) is 1. The molecule has 0 amide bonds.